The first-order chi connectivity index (χ1) is 10.1. The summed E-state index contributed by atoms with van der Waals surface area (Å²) < 4.78 is 0.921. The summed E-state index contributed by atoms with van der Waals surface area (Å²) >= 11 is 3.34. The highest BCUT2D eigenvalue weighted by molar-refractivity contribution is 9.10. The molecule has 0 N–H and O–H groups in total. The fourth-order valence-electron chi connectivity index (χ4n) is 2.36. The first-order valence-electron chi connectivity index (χ1n) is 6.47. The number of nitrogens with zero attached hydrogens (tertiary/aromatic N) is 1. The highest BCUT2D eigenvalue weighted by Gasteiger charge is 2.29. The van der Waals surface area contributed by atoms with Crippen LogP contribution in [0.1, 0.15) is 26.3 Å². The van der Waals surface area contributed by atoms with Gasteiger partial charge in [-0.3, -0.25) is 9.59 Å². The molecular formula is C17H12BrNO2. The average Bonchev–Trinajstić information content (AvgIpc) is 2.73. The summed E-state index contributed by atoms with van der Waals surface area (Å²) in [6.07, 6.45) is 1.52. The second-order valence-electron chi connectivity index (χ2n) is 4.81. The van der Waals surface area contributed by atoms with Crippen LogP contribution in [-0.2, 0) is 0 Å². The van der Waals surface area contributed by atoms with Crippen LogP contribution in [0.25, 0.3) is 5.70 Å². The Morgan fingerprint density at radius 1 is 1.05 bits per heavy atom. The second kappa shape index (κ2) is 5.30. The van der Waals surface area contributed by atoms with Crippen LogP contribution in [-0.4, -0.2) is 23.6 Å². The van der Waals surface area contributed by atoms with Crippen molar-refractivity contribution < 1.29 is 9.59 Å². The maximum atomic E-state index is 12.3. The van der Waals surface area contributed by atoms with Crippen molar-refractivity contribution in [3.8, 4) is 0 Å². The van der Waals surface area contributed by atoms with Crippen LogP contribution in [0, 0.1) is 0 Å². The van der Waals surface area contributed by atoms with Crippen LogP contribution >= 0.6 is 15.9 Å². The van der Waals surface area contributed by atoms with Gasteiger partial charge in [0.1, 0.15) is 0 Å². The van der Waals surface area contributed by atoms with E-state index in [4.69, 9.17) is 0 Å². The summed E-state index contributed by atoms with van der Waals surface area (Å²) in [5.74, 6) is -0.200. The van der Waals surface area contributed by atoms with Gasteiger partial charge in [-0.05, 0) is 30.3 Å². The Labute approximate surface area is 131 Å². The third-order valence-electron chi connectivity index (χ3n) is 3.50. The Balaban J connectivity index is 2.02. The molecular weight excluding hydrogens is 330 g/mol. The molecule has 0 aliphatic carbocycles. The van der Waals surface area contributed by atoms with Crippen LogP contribution in [0.15, 0.2) is 59.1 Å². The third-order valence-corrected chi connectivity index (χ3v) is 4.02. The fraction of sp³-hybridized carbons (Fsp3) is 0.0588. The Morgan fingerprint density at radius 3 is 2.33 bits per heavy atom. The molecule has 0 unspecified atom stereocenters. The number of ketones is 1. The van der Waals surface area contributed by atoms with E-state index in [0.717, 1.165) is 10.0 Å². The quantitative estimate of drug-likeness (QED) is 0.616. The number of hydrogen-bond acceptors (Lipinski definition) is 2. The number of fused-ring (bicyclic) bond motifs is 1. The zero-order chi connectivity index (χ0) is 15.0. The lowest BCUT2D eigenvalue weighted by Gasteiger charge is -2.10. The number of benzene rings is 2. The minimum absolute atomic E-state index is 0.0829. The Kier molecular flexibility index (Phi) is 3.47. The van der Waals surface area contributed by atoms with Gasteiger partial charge in [-0.15, -0.1) is 0 Å². The number of amides is 1. The van der Waals surface area contributed by atoms with Crippen molar-refractivity contribution >= 4 is 33.3 Å². The number of carbonyl (C=O) groups excluding carboxylic acids is 2. The molecule has 4 heteroatoms. The van der Waals surface area contributed by atoms with Crippen LogP contribution < -0.4 is 0 Å². The molecule has 1 amide bonds. The molecule has 2 aromatic rings. The van der Waals surface area contributed by atoms with Crippen LogP contribution in [0.4, 0.5) is 0 Å². The first-order valence-corrected chi connectivity index (χ1v) is 7.26. The molecule has 0 bridgehead atoms. The number of hydrogen-bond donors (Lipinski definition) is 0. The van der Waals surface area contributed by atoms with Crippen molar-refractivity contribution in [2.75, 3.05) is 7.05 Å². The summed E-state index contributed by atoms with van der Waals surface area (Å²) in [5.41, 5.74) is 2.67. The molecule has 0 saturated carbocycles. The summed E-state index contributed by atoms with van der Waals surface area (Å²) in [6.45, 7) is 0. The zero-order valence-corrected chi connectivity index (χ0v) is 12.9. The normalized spacial score (nSPS) is 15.4. The minimum Gasteiger partial charge on any atom is -0.311 e. The van der Waals surface area contributed by atoms with Gasteiger partial charge in [0, 0.05) is 34.3 Å². The van der Waals surface area contributed by atoms with Gasteiger partial charge in [0.15, 0.2) is 5.78 Å². The van der Waals surface area contributed by atoms with E-state index in [0.29, 0.717) is 16.8 Å². The van der Waals surface area contributed by atoms with Crippen LogP contribution in [0.3, 0.4) is 0 Å². The smallest absolute Gasteiger partial charge is 0.258 e. The van der Waals surface area contributed by atoms with E-state index in [2.05, 4.69) is 15.9 Å². The maximum absolute atomic E-state index is 12.3. The van der Waals surface area contributed by atoms with Crippen molar-refractivity contribution in [3.05, 3.63) is 75.8 Å². The van der Waals surface area contributed by atoms with E-state index >= 15 is 0 Å². The van der Waals surface area contributed by atoms with E-state index in [1.165, 1.54) is 11.0 Å². The summed E-state index contributed by atoms with van der Waals surface area (Å²) in [5, 5.41) is 0. The molecule has 21 heavy (non-hydrogen) atoms. The predicted molar refractivity (Wildman–Crippen MR) is 85.0 cm³/mol. The third kappa shape index (κ3) is 2.43. The van der Waals surface area contributed by atoms with E-state index < -0.39 is 0 Å². The predicted octanol–water partition coefficient (Wildman–Crippen LogP) is 3.76. The van der Waals surface area contributed by atoms with E-state index in [1.54, 1.807) is 25.2 Å². The van der Waals surface area contributed by atoms with Crippen molar-refractivity contribution in [1.82, 2.24) is 4.90 Å². The van der Waals surface area contributed by atoms with Gasteiger partial charge in [0.05, 0.1) is 5.70 Å². The monoisotopic (exact) mass is 341 g/mol. The molecule has 104 valence electrons. The standard InChI is InChI=1S/C17H12BrNO2/c1-19-15(13-4-2-3-5-14(13)17(19)21)10-16(20)11-6-8-12(18)9-7-11/h2-10H,1H3/b15-10+. The maximum Gasteiger partial charge on any atom is 0.258 e. The molecule has 0 aromatic heterocycles. The average molecular weight is 342 g/mol. The van der Waals surface area contributed by atoms with Crippen molar-refractivity contribution in [3.63, 3.8) is 0 Å². The number of halogens is 1. The van der Waals surface area contributed by atoms with Gasteiger partial charge in [-0.25, -0.2) is 0 Å². The summed E-state index contributed by atoms with van der Waals surface area (Å²) in [6, 6.07) is 14.5. The van der Waals surface area contributed by atoms with Gasteiger partial charge in [-0.1, -0.05) is 34.1 Å². The second-order valence-corrected chi connectivity index (χ2v) is 5.73. The molecule has 2 aromatic carbocycles. The van der Waals surface area contributed by atoms with Gasteiger partial charge >= 0.3 is 0 Å². The molecule has 1 heterocycles. The summed E-state index contributed by atoms with van der Waals surface area (Å²) in [4.78, 5) is 26.0. The van der Waals surface area contributed by atoms with Crippen LogP contribution in [0.2, 0.25) is 0 Å². The Morgan fingerprint density at radius 2 is 1.67 bits per heavy atom. The number of allylic oxidation sites excluding steroid dienone is 1. The van der Waals surface area contributed by atoms with E-state index in [1.807, 2.05) is 30.3 Å². The van der Waals surface area contributed by atoms with Crippen molar-refractivity contribution in [2.24, 2.45) is 0 Å². The van der Waals surface area contributed by atoms with Crippen LogP contribution in [0.5, 0.6) is 0 Å². The molecule has 0 saturated heterocycles. The van der Waals surface area contributed by atoms with E-state index in [9.17, 15) is 9.59 Å². The molecule has 3 rings (SSSR count). The molecule has 0 atom stereocenters. The molecule has 0 radical (unpaired) electrons. The van der Waals surface area contributed by atoms with Gasteiger partial charge in [0.2, 0.25) is 0 Å². The molecule has 1 aliphatic rings. The fourth-order valence-corrected chi connectivity index (χ4v) is 2.62. The Bertz CT molecular complexity index is 763. The molecule has 1 aliphatic heterocycles. The zero-order valence-electron chi connectivity index (χ0n) is 11.3. The Hall–Kier alpha value is -2.20. The molecule has 0 fully saturated rings. The minimum atomic E-state index is -0.117. The van der Waals surface area contributed by atoms with Gasteiger partial charge < -0.3 is 4.90 Å². The lowest BCUT2D eigenvalue weighted by Crippen LogP contribution is -2.17. The number of carbonyl (C=O) groups is 2. The first kappa shape index (κ1) is 13.8. The highest BCUT2D eigenvalue weighted by Crippen LogP contribution is 2.31. The number of rotatable bonds is 2. The summed E-state index contributed by atoms with van der Waals surface area (Å²) in [7, 11) is 1.68. The van der Waals surface area contributed by atoms with E-state index in [-0.39, 0.29) is 11.7 Å². The van der Waals surface area contributed by atoms with Crippen molar-refractivity contribution in [2.45, 2.75) is 0 Å². The molecule has 3 nitrogen and oxygen atoms in total. The SMILES string of the molecule is CN1C(=O)c2ccccc2/C1=C\C(=O)c1ccc(Br)cc1. The molecule has 0 spiro atoms. The van der Waals surface area contributed by atoms with Gasteiger partial charge in [0.25, 0.3) is 5.91 Å². The lowest BCUT2D eigenvalue weighted by atomic mass is 10.1. The van der Waals surface area contributed by atoms with Gasteiger partial charge in [-0.2, -0.15) is 0 Å². The lowest BCUT2D eigenvalue weighted by molar-refractivity contribution is 0.0874. The van der Waals surface area contributed by atoms with Crippen molar-refractivity contribution in [1.29, 1.82) is 0 Å². The highest BCUT2D eigenvalue weighted by atomic mass is 79.9. The topological polar surface area (TPSA) is 37.4 Å². The largest absolute Gasteiger partial charge is 0.311 e.